The van der Waals surface area contributed by atoms with Crippen molar-refractivity contribution in [2.24, 2.45) is 0 Å². The van der Waals surface area contributed by atoms with E-state index in [1.165, 1.54) is 10.6 Å². The van der Waals surface area contributed by atoms with E-state index in [0.717, 1.165) is 11.0 Å². The van der Waals surface area contributed by atoms with Gasteiger partial charge in [0.15, 0.2) is 0 Å². The number of sulfonamides is 1. The van der Waals surface area contributed by atoms with E-state index in [1.807, 2.05) is 30.3 Å². The number of carbonyl (C=O) groups excluding carboxylic acids is 1. The second kappa shape index (κ2) is 6.21. The Balaban J connectivity index is 1.54. The number of nitrogens with zero attached hydrogens (tertiary/aromatic N) is 2. The van der Waals surface area contributed by atoms with Gasteiger partial charge in [-0.25, -0.2) is 13.2 Å². The third-order valence-electron chi connectivity index (χ3n) is 3.89. The van der Waals surface area contributed by atoms with Gasteiger partial charge in [-0.1, -0.05) is 18.2 Å². The van der Waals surface area contributed by atoms with Gasteiger partial charge in [0.25, 0.3) is 0 Å². The van der Waals surface area contributed by atoms with Crippen LogP contribution in [0.2, 0.25) is 0 Å². The normalized spacial score (nSPS) is 16.7. The molecule has 3 rings (SSSR count). The quantitative estimate of drug-likeness (QED) is 0.913. The maximum absolute atomic E-state index is 12.1. The summed E-state index contributed by atoms with van der Waals surface area (Å²) < 4.78 is 29.9. The number of piperazine rings is 1. The minimum atomic E-state index is -3.19. The number of amides is 2. The molecule has 1 aliphatic heterocycles. The zero-order valence-electron chi connectivity index (χ0n) is 12.9. The smallest absolute Gasteiger partial charge is 0.317 e. The second-order valence-electron chi connectivity index (χ2n) is 5.56. The van der Waals surface area contributed by atoms with Crippen LogP contribution in [0.3, 0.4) is 0 Å². The highest BCUT2D eigenvalue weighted by atomic mass is 32.2. The Morgan fingerprint density at radius 2 is 1.91 bits per heavy atom. The number of rotatable bonds is 3. The van der Waals surface area contributed by atoms with Gasteiger partial charge in [0, 0.05) is 31.6 Å². The molecule has 8 heteroatoms. The molecule has 1 aromatic heterocycles. The van der Waals surface area contributed by atoms with Crippen molar-refractivity contribution in [1.29, 1.82) is 0 Å². The Morgan fingerprint density at radius 3 is 2.57 bits per heavy atom. The third kappa shape index (κ3) is 3.65. The van der Waals surface area contributed by atoms with Gasteiger partial charge in [0.05, 0.1) is 12.8 Å². The Bertz CT molecular complexity index is 774. The molecular formula is C15H19N3O4S. The summed E-state index contributed by atoms with van der Waals surface area (Å²) in [5, 5.41) is 3.81. The Hall–Kier alpha value is -2.06. The molecule has 2 amide bonds. The maximum atomic E-state index is 12.1. The molecule has 0 aliphatic carbocycles. The second-order valence-corrected chi connectivity index (χ2v) is 7.54. The Morgan fingerprint density at radius 1 is 1.22 bits per heavy atom. The van der Waals surface area contributed by atoms with E-state index in [1.54, 1.807) is 4.90 Å². The summed E-state index contributed by atoms with van der Waals surface area (Å²) in [6, 6.07) is 9.35. The van der Waals surface area contributed by atoms with Gasteiger partial charge in [-0.05, 0) is 12.1 Å². The number of hydrogen-bond donors (Lipinski definition) is 1. The topological polar surface area (TPSA) is 82.9 Å². The molecule has 2 heterocycles. The van der Waals surface area contributed by atoms with Crippen molar-refractivity contribution < 1.29 is 17.6 Å². The first-order valence-electron chi connectivity index (χ1n) is 7.39. The van der Waals surface area contributed by atoms with Crippen LogP contribution in [0.15, 0.2) is 34.7 Å². The molecular weight excluding hydrogens is 318 g/mol. The SMILES string of the molecule is CS(=O)(=O)N1CCN(C(=O)NCc2cc3ccccc3o2)CC1. The average Bonchev–Trinajstić information content (AvgIpc) is 2.95. The minimum absolute atomic E-state index is 0.210. The van der Waals surface area contributed by atoms with E-state index in [0.29, 0.717) is 38.5 Å². The summed E-state index contributed by atoms with van der Waals surface area (Å²) in [5.41, 5.74) is 0.790. The zero-order valence-corrected chi connectivity index (χ0v) is 13.7. The Labute approximate surface area is 134 Å². The van der Waals surface area contributed by atoms with Crippen LogP contribution in [0.1, 0.15) is 5.76 Å². The number of furan rings is 1. The highest BCUT2D eigenvalue weighted by molar-refractivity contribution is 7.88. The number of hydrogen-bond acceptors (Lipinski definition) is 4. The predicted molar refractivity (Wildman–Crippen MR) is 86.4 cm³/mol. The van der Waals surface area contributed by atoms with Crippen LogP contribution in [0.5, 0.6) is 0 Å². The van der Waals surface area contributed by atoms with Crippen molar-refractivity contribution >= 4 is 27.0 Å². The van der Waals surface area contributed by atoms with Crippen LogP contribution in [-0.4, -0.2) is 56.1 Å². The lowest BCUT2D eigenvalue weighted by Crippen LogP contribution is -2.52. The van der Waals surface area contributed by atoms with Gasteiger partial charge in [-0.2, -0.15) is 4.31 Å². The molecule has 23 heavy (non-hydrogen) atoms. The van der Waals surface area contributed by atoms with Crippen LogP contribution in [0.4, 0.5) is 4.79 Å². The Kier molecular flexibility index (Phi) is 4.27. The number of benzene rings is 1. The van der Waals surface area contributed by atoms with Crippen LogP contribution in [0, 0.1) is 0 Å². The number of carbonyl (C=O) groups is 1. The standard InChI is InChI=1S/C15H19N3O4S/c1-23(20,21)18-8-6-17(7-9-18)15(19)16-11-13-10-12-4-2-3-5-14(12)22-13/h2-5,10H,6-9,11H2,1H3,(H,16,19). The van der Waals surface area contributed by atoms with Gasteiger partial charge in [-0.15, -0.1) is 0 Å². The number of nitrogens with one attached hydrogen (secondary N) is 1. The monoisotopic (exact) mass is 337 g/mol. The summed E-state index contributed by atoms with van der Waals surface area (Å²) in [6.07, 6.45) is 1.18. The van der Waals surface area contributed by atoms with Gasteiger partial charge in [0.2, 0.25) is 10.0 Å². The first-order valence-corrected chi connectivity index (χ1v) is 9.24. The summed E-state index contributed by atoms with van der Waals surface area (Å²) in [5.74, 6) is 0.689. The largest absolute Gasteiger partial charge is 0.459 e. The lowest BCUT2D eigenvalue weighted by molar-refractivity contribution is 0.171. The van der Waals surface area contributed by atoms with Crippen LogP contribution in [0.25, 0.3) is 11.0 Å². The minimum Gasteiger partial charge on any atom is -0.459 e. The molecule has 0 saturated carbocycles. The highest BCUT2D eigenvalue weighted by Crippen LogP contribution is 2.18. The fraction of sp³-hybridized carbons (Fsp3) is 0.400. The van der Waals surface area contributed by atoms with Crippen molar-refractivity contribution in [2.45, 2.75) is 6.54 Å². The molecule has 2 aromatic rings. The average molecular weight is 337 g/mol. The van der Waals surface area contributed by atoms with Gasteiger partial charge < -0.3 is 14.6 Å². The molecule has 124 valence electrons. The molecule has 0 atom stereocenters. The third-order valence-corrected chi connectivity index (χ3v) is 5.19. The molecule has 0 bridgehead atoms. The highest BCUT2D eigenvalue weighted by Gasteiger charge is 2.25. The van der Waals surface area contributed by atoms with Gasteiger partial charge in [0.1, 0.15) is 11.3 Å². The first kappa shape index (κ1) is 15.8. The van der Waals surface area contributed by atoms with E-state index < -0.39 is 10.0 Å². The summed E-state index contributed by atoms with van der Waals surface area (Å²) in [6.45, 7) is 1.74. The predicted octanol–water partition coefficient (Wildman–Crippen LogP) is 1.22. The van der Waals surface area contributed by atoms with Crippen molar-refractivity contribution in [2.75, 3.05) is 32.4 Å². The fourth-order valence-electron chi connectivity index (χ4n) is 2.62. The molecule has 0 radical (unpaired) electrons. The number of para-hydroxylation sites is 1. The molecule has 7 nitrogen and oxygen atoms in total. The van der Waals surface area contributed by atoms with Crippen LogP contribution in [-0.2, 0) is 16.6 Å². The first-order chi connectivity index (χ1) is 10.9. The summed E-state index contributed by atoms with van der Waals surface area (Å²) >= 11 is 0. The number of fused-ring (bicyclic) bond motifs is 1. The van der Waals surface area contributed by atoms with E-state index in [2.05, 4.69) is 5.32 Å². The number of urea groups is 1. The molecule has 0 unspecified atom stereocenters. The van der Waals surface area contributed by atoms with Crippen molar-refractivity contribution in [3.63, 3.8) is 0 Å². The van der Waals surface area contributed by atoms with E-state index in [4.69, 9.17) is 4.42 Å². The lowest BCUT2D eigenvalue weighted by Gasteiger charge is -2.33. The molecule has 1 aliphatic rings. The molecule has 1 aromatic carbocycles. The fourth-order valence-corrected chi connectivity index (χ4v) is 3.45. The summed E-state index contributed by atoms with van der Waals surface area (Å²) in [7, 11) is -3.19. The molecule has 1 N–H and O–H groups in total. The van der Waals surface area contributed by atoms with Crippen molar-refractivity contribution in [3.05, 3.63) is 36.1 Å². The van der Waals surface area contributed by atoms with E-state index in [-0.39, 0.29) is 6.03 Å². The van der Waals surface area contributed by atoms with Gasteiger partial charge >= 0.3 is 6.03 Å². The molecule has 1 fully saturated rings. The van der Waals surface area contributed by atoms with Crippen LogP contribution < -0.4 is 5.32 Å². The van der Waals surface area contributed by atoms with Crippen molar-refractivity contribution in [3.8, 4) is 0 Å². The maximum Gasteiger partial charge on any atom is 0.317 e. The lowest BCUT2D eigenvalue weighted by atomic mass is 10.2. The van der Waals surface area contributed by atoms with Crippen molar-refractivity contribution in [1.82, 2.24) is 14.5 Å². The zero-order chi connectivity index (χ0) is 16.4. The van der Waals surface area contributed by atoms with E-state index >= 15 is 0 Å². The molecule has 1 saturated heterocycles. The van der Waals surface area contributed by atoms with Gasteiger partial charge in [-0.3, -0.25) is 0 Å². The summed E-state index contributed by atoms with van der Waals surface area (Å²) in [4.78, 5) is 13.8. The van der Waals surface area contributed by atoms with E-state index in [9.17, 15) is 13.2 Å². The molecule has 0 spiro atoms. The van der Waals surface area contributed by atoms with Crippen LogP contribution >= 0.6 is 0 Å².